The Morgan fingerprint density at radius 1 is 1.50 bits per heavy atom. The average Bonchev–Trinajstić information content (AvgIpc) is 2.37. The maximum absolute atomic E-state index is 13.4. The van der Waals surface area contributed by atoms with Crippen LogP contribution in [0.2, 0.25) is 0 Å². The summed E-state index contributed by atoms with van der Waals surface area (Å²) in [5.74, 6) is -0.928. The number of nitrogens with one attached hydrogen (secondary N) is 1. The minimum absolute atomic E-state index is 0.0198. The molecule has 0 aliphatic heterocycles. The van der Waals surface area contributed by atoms with Gasteiger partial charge in [0.15, 0.2) is 0 Å². The predicted octanol–water partition coefficient (Wildman–Crippen LogP) is 2.27. The summed E-state index contributed by atoms with van der Waals surface area (Å²) in [4.78, 5) is 11.8. The van der Waals surface area contributed by atoms with Crippen molar-refractivity contribution in [3.8, 4) is 0 Å². The van der Waals surface area contributed by atoms with Crippen molar-refractivity contribution in [2.75, 3.05) is 6.54 Å². The van der Waals surface area contributed by atoms with Crippen LogP contribution in [0.4, 0.5) is 4.39 Å². The molecule has 0 spiro atoms. The monoisotopic (exact) mass is 253 g/mol. The minimum atomic E-state index is -0.605. The van der Waals surface area contributed by atoms with Crippen LogP contribution in [-0.4, -0.2) is 23.7 Å². The van der Waals surface area contributed by atoms with Crippen LogP contribution in [0.5, 0.6) is 0 Å². The number of rotatable bonds is 5. The Kier molecular flexibility index (Phi) is 5.28. The minimum Gasteiger partial charge on any atom is -0.391 e. The van der Waals surface area contributed by atoms with Crippen molar-refractivity contribution in [1.82, 2.24) is 5.32 Å². The lowest BCUT2D eigenvalue weighted by molar-refractivity contribution is 0.0846. The van der Waals surface area contributed by atoms with E-state index in [0.717, 1.165) is 12.0 Å². The molecule has 4 heteroatoms. The Morgan fingerprint density at radius 2 is 2.17 bits per heavy atom. The number of aliphatic hydroxyl groups excluding tert-OH is 1. The van der Waals surface area contributed by atoms with Crippen LogP contribution >= 0.6 is 0 Å². The summed E-state index contributed by atoms with van der Waals surface area (Å²) in [6, 6.07) is 4.38. The van der Waals surface area contributed by atoms with E-state index >= 15 is 0 Å². The van der Waals surface area contributed by atoms with E-state index in [2.05, 4.69) is 5.32 Å². The fraction of sp³-hybridized carbons (Fsp3) is 0.500. The second-order valence-electron chi connectivity index (χ2n) is 4.65. The lowest BCUT2D eigenvalue weighted by Gasteiger charge is -2.17. The van der Waals surface area contributed by atoms with E-state index in [1.807, 2.05) is 13.8 Å². The van der Waals surface area contributed by atoms with Crippen molar-refractivity contribution in [2.45, 2.75) is 33.3 Å². The molecule has 0 saturated heterocycles. The Labute approximate surface area is 107 Å². The molecule has 0 saturated carbocycles. The maximum atomic E-state index is 13.4. The number of carbonyl (C=O) groups is 1. The van der Waals surface area contributed by atoms with E-state index in [1.54, 1.807) is 13.0 Å². The molecule has 0 aromatic heterocycles. The van der Waals surface area contributed by atoms with Gasteiger partial charge >= 0.3 is 0 Å². The van der Waals surface area contributed by atoms with E-state index in [4.69, 9.17) is 0 Å². The standard InChI is InChI=1S/C14H20FNO2/c1-4-10(3)13(17)8-16-14(18)11-7-9(2)5-6-12(11)15/h5-7,10,13,17H,4,8H2,1-3H3,(H,16,18). The van der Waals surface area contributed by atoms with Gasteiger partial charge in [-0.2, -0.15) is 0 Å². The van der Waals surface area contributed by atoms with Crippen molar-refractivity contribution < 1.29 is 14.3 Å². The molecule has 0 heterocycles. The van der Waals surface area contributed by atoms with E-state index in [1.165, 1.54) is 12.1 Å². The molecule has 2 atom stereocenters. The van der Waals surface area contributed by atoms with Gasteiger partial charge < -0.3 is 10.4 Å². The number of hydrogen-bond donors (Lipinski definition) is 2. The molecule has 0 fully saturated rings. The molecular formula is C14H20FNO2. The van der Waals surface area contributed by atoms with Crippen LogP contribution < -0.4 is 5.32 Å². The molecule has 1 rings (SSSR count). The number of hydrogen-bond acceptors (Lipinski definition) is 2. The zero-order valence-electron chi connectivity index (χ0n) is 11.0. The number of aliphatic hydroxyl groups is 1. The number of aryl methyl sites for hydroxylation is 1. The smallest absolute Gasteiger partial charge is 0.254 e. The fourth-order valence-electron chi connectivity index (χ4n) is 1.58. The summed E-state index contributed by atoms with van der Waals surface area (Å²) in [5.41, 5.74) is 0.843. The summed E-state index contributed by atoms with van der Waals surface area (Å²) in [5, 5.41) is 12.3. The molecule has 1 aromatic rings. The normalized spacial score (nSPS) is 14.1. The van der Waals surface area contributed by atoms with Gasteiger partial charge in [-0.25, -0.2) is 4.39 Å². The first kappa shape index (κ1) is 14.6. The summed E-state index contributed by atoms with van der Waals surface area (Å²) in [6.45, 7) is 5.81. The van der Waals surface area contributed by atoms with Crippen molar-refractivity contribution in [3.05, 3.63) is 35.1 Å². The highest BCUT2D eigenvalue weighted by Gasteiger charge is 2.16. The molecule has 2 N–H and O–H groups in total. The molecule has 18 heavy (non-hydrogen) atoms. The van der Waals surface area contributed by atoms with Gasteiger partial charge in [0.25, 0.3) is 5.91 Å². The van der Waals surface area contributed by atoms with E-state index in [-0.39, 0.29) is 18.0 Å². The van der Waals surface area contributed by atoms with Crippen molar-refractivity contribution in [2.24, 2.45) is 5.92 Å². The molecule has 0 aliphatic carbocycles. The van der Waals surface area contributed by atoms with Crippen molar-refractivity contribution >= 4 is 5.91 Å². The van der Waals surface area contributed by atoms with Crippen molar-refractivity contribution in [3.63, 3.8) is 0 Å². The molecule has 0 aliphatic rings. The first-order valence-electron chi connectivity index (χ1n) is 6.18. The maximum Gasteiger partial charge on any atom is 0.254 e. The van der Waals surface area contributed by atoms with E-state index in [9.17, 15) is 14.3 Å². The lowest BCUT2D eigenvalue weighted by atomic mass is 10.0. The highest BCUT2D eigenvalue weighted by Crippen LogP contribution is 2.10. The number of benzene rings is 1. The summed E-state index contributed by atoms with van der Waals surface area (Å²) < 4.78 is 13.4. The first-order valence-corrected chi connectivity index (χ1v) is 6.18. The van der Waals surface area contributed by atoms with Gasteiger partial charge in [0.1, 0.15) is 5.82 Å². The summed E-state index contributed by atoms with van der Waals surface area (Å²) in [7, 11) is 0. The van der Waals surface area contributed by atoms with Crippen molar-refractivity contribution in [1.29, 1.82) is 0 Å². The molecule has 3 nitrogen and oxygen atoms in total. The van der Waals surface area contributed by atoms with Crippen LogP contribution in [0.15, 0.2) is 18.2 Å². The highest BCUT2D eigenvalue weighted by atomic mass is 19.1. The molecule has 0 bridgehead atoms. The summed E-state index contributed by atoms with van der Waals surface area (Å²) >= 11 is 0. The van der Waals surface area contributed by atoms with E-state index in [0.29, 0.717) is 0 Å². The molecule has 1 aromatic carbocycles. The third-order valence-electron chi connectivity index (χ3n) is 3.14. The average molecular weight is 253 g/mol. The first-order chi connectivity index (χ1) is 8.45. The molecular weight excluding hydrogens is 233 g/mol. The van der Waals surface area contributed by atoms with Crippen LogP contribution in [0.25, 0.3) is 0 Å². The Balaban J connectivity index is 2.63. The van der Waals surface area contributed by atoms with Gasteiger partial charge in [-0.3, -0.25) is 4.79 Å². The SMILES string of the molecule is CCC(C)C(O)CNC(=O)c1cc(C)ccc1F. The lowest BCUT2D eigenvalue weighted by Crippen LogP contribution is -2.35. The molecule has 0 radical (unpaired) electrons. The molecule has 100 valence electrons. The van der Waals surface area contributed by atoms with Crippen LogP contribution in [0.3, 0.4) is 0 Å². The number of amides is 1. The van der Waals surface area contributed by atoms with Crippen LogP contribution in [-0.2, 0) is 0 Å². The van der Waals surface area contributed by atoms with E-state index < -0.39 is 17.8 Å². The van der Waals surface area contributed by atoms with Gasteiger partial charge in [0.05, 0.1) is 11.7 Å². The highest BCUT2D eigenvalue weighted by molar-refractivity contribution is 5.94. The number of carbonyl (C=O) groups excluding carboxylic acids is 1. The van der Waals surface area contributed by atoms with Gasteiger partial charge in [0.2, 0.25) is 0 Å². The van der Waals surface area contributed by atoms with Gasteiger partial charge in [0, 0.05) is 6.54 Å². The number of halogens is 1. The second-order valence-corrected chi connectivity index (χ2v) is 4.65. The van der Waals surface area contributed by atoms with Crippen LogP contribution in [0.1, 0.15) is 36.2 Å². The Hall–Kier alpha value is -1.42. The second kappa shape index (κ2) is 6.50. The van der Waals surface area contributed by atoms with Crippen LogP contribution in [0, 0.1) is 18.7 Å². The Morgan fingerprint density at radius 3 is 2.78 bits per heavy atom. The molecule has 1 amide bonds. The summed E-state index contributed by atoms with van der Waals surface area (Å²) in [6.07, 6.45) is 0.224. The fourth-order valence-corrected chi connectivity index (χ4v) is 1.58. The largest absolute Gasteiger partial charge is 0.391 e. The topological polar surface area (TPSA) is 49.3 Å². The zero-order valence-corrected chi connectivity index (χ0v) is 11.0. The molecule has 2 unspecified atom stereocenters. The third kappa shape index (κ3) is 3.81. The quantitative estimate of drug-likeness (QED) is 0.845. The third-order valence-corrected chi connectivity index (χ3v) is 3.14. The van der Waals surface area contributed by atoms with Gasteiger partial charge in [-0.05, 0) is 25.0 Å². The van der Waals surface area contributed by atoms with Gasteiger partial charge in [-0.1, -0.05) is 31.9 Å². The predicted molar refractivity (Wildman–Crippen MR) is 68.9 cm³/mol. The van der Waals surface area contributed by atoms with Gasteiger partial charge in [-0.15, -0.1) is 0 Å². The zero-order chi connectivity index (χ0) is 13.7. The Bertz CT molecular complexity index is 420.